The summed E-state index contributed by atoms with van der Waals surface area (Å²) in [5.74, 6) is 1.67. The first-order chi connectivity index (χ1) is 13.6. The van der Waals surface area contributed by atoms with E-state index < -0.39 is 6.34 Å². The molecule has 28 heavy (non-hydrogen) atoms. The number of aryl methyl sites for hydroxylation is 2. The fraction of sp³-hybridized carbons (Fsp3) is 0.421. The van der Waals surface area contributed by atoms with Gasteiger partial charge < -0.3 is 9.41 Å². The summed E-state index contributed by atoms with van der Waals surface area (Å²) < 4.78 is 12.0. The predicted octanol–water partition coefficient (Wildman–Crippen LogP) is 2.40. The highest BCUT2D eigenvalue weighted by Gasteiger charge is 2.43. The number of hydrogen-bond acceptors (Lipinski definition) is 5. The van der Waals surface area contributed by atoms with Gasteiger partial charge in [0.1, 0.15) is 12.2 Å². The van der Waals surface area contributed by atoms with E-state index in [1.165, 1.54) is 0 Å². The van der Waals surface area contributed by atoms with Gasteiger partial charge in [-0.3, -0.25) is 4.67 Å². The fourth-order valence-electron chi connectivity index (χ4n) is 3.77. The summed E-state index contributed by atoms with van der Waals surface area (Å²) in [6.45, 7) is 5.47. The molecule has 146 valence electrons. The van der Waals surface area contributed by atoms with Crippen LogP contribution in [0.1, 0.15) is 17.7 Å². The normalized spacial score (nSPS) is 22.5. The Balaban J connectivity index is 1.92. The number of amidine groups is 1. The molecule has 0 spiro atoms. The van der Waals surface area contributed by atoms with E-state index in [2.05, 4.69) is 34.6 Å². The number of hydrogen-bond donors (Lipinski definition) is 0. The number of nitriles is 1. The molecule has 0 bridgehead atoms. The molecule has 0 amide bonds. The van der Waals surface area contributed by atoms with Gasteiger partial charge in [-0.2, -0.15) is 10.4 Å². The van der Waals surface area contributed by atoms with Crippen molar-refractivity contribution in [2.75, 3.05) is 33.4 Å². The van der Waals surface area contributed by atoms with E-state index in [1.807, 2.05) is 29.8 Å². The zero-order valence-electron chi connectivity index (χ0n) is 16.1. The van der Waals surface area contributed by atoms with E-state index in [0.29, 0.717) is 26.2 Å². The highest BCUT2D eigenvalue weighted by molar-refractivity contribution is 8.16. The van der Waals surface area contributed by atoms with Crippen LogP contribution in [0.4, 0.5) is 5.82 Å². The van der Waals surface area contributed by atoms with E-state index in [4.69, 9.17) is 31.9 Å². The molecular formula is C19H23N6OPS. The van der Waals surface area contributed by atoms with Crippen LogP contribution in [0, 0.1) is 18.3 Å². The molecule has 2 aliphatic heterocycles. The SMILES string of the molecule is Cc1nn(CCC#N)c2c1[P@@](=S)(N1CCOCC1)N(C)C(c1ccccc1)=N2. The molecule has 1 atom stereocenters. The number of ether oxygens (including phenoxy) is 1. The topological polar surface area (TPSA) is 69.7 Å². The fourth-order valence-corrected chi connectivity index (χ4v) is 8.11. The summed E-state index contributed by atoms with van der Waals surface area (Å²) in [4.78, 5) is 5.00. The molecule has 3 heterocycles. The first kappa shape index (κ1) is 19.3. The maximum Gasteiger partial charge on any atom is 0.164 e. The lowest BCUT2D eigenvalue weighted by Crippen LogP contribution is -2.45. The summed E-state index contributed by atoms with van der Waals surface area (Å²) in [7, 11) is 2.05. The first-order valence-electron chi connectivity index (χ1n) is 9.34. The van der Waals surface area contributed by atoms with Gasteiger partial charge in [-0.05, 0) is 6.92 Å². The lowest BCUT2D eigenvalue weighted by atomic mass is 10.2. The Morgan fingerprint density at radius 2 is 1.96 bits per heavy atom. The van der Waals surface area contributed by atoms with Crippen molar-refractivity contribution in [1.29, 1.82) is 5.26 Å². The average molecular weight is 414 g/mol. The van der Waals surface area contributed by atoms with Gasteiger partial charge in [-0.1, -0.05) is 42.1 Å². The summed E-state index contributed by atoms with van der Waals surface area (Å²) in [5.41, 5.74) is 1.94. The Hall–Kier alpha value is -2.04. The summed E-state index contributed by atoms with van der Waals surface area (Å²) in [6.07, 6.45) is -1.93. The second-order valence-corrected chi connectivity index (χ2v) is 11.1. The van der Waals surface area contributed by atoms with Crippen molar-refractivity contribution < 1.29 is 4.74 Å². The number of morpholine rings is 1. The van der Waals surface area contributed by atoms with Gasteiger partial charge in [0, 0.05) is 25.7 Å². The van der Waals surface area contributed by atoms with Gasteiger partial charge in [0.25, 0.3) is 0 Å². The minimum absolute atomic E-state index is 0.389. The van der Waals surface area contributed by atoms with Crippen molar-refractivity contribution in [3.63, 3.8) is 0 Å². The number of rotatable bonds is 4. The van der Waals surface area contributed by atoms with Gasteiger partial charge in [0.05, 0.1) is 43.2 Å². The van der Waals surface area contributed by atoms with Gasteiger partial charge in [-0.25, -0.2) is 9.67 Å². The van der Waals surface area contributed by atoms with Crippen LogP contribution < -0.4 is 5.30 Å². The standard InChI is InChI=1S/C19H23N6OPS/c1-15-17-19(25(22-15)10-6-9-20)21-18(16-7-4-3-5-8-16)23(2)27(17,28)24-11-13-26-14-12-24/h3-5,7-8H,6,10-14H2,1-2H3/t27-/m0/s1. The minimum Gasteiger partial charge on any atom is -0.379 e. The maximum atomic E-state index is 9.05. The number of aliphatic imine (C=N–C) groups is 1. The quantitative estimate of drug-likeness (QED) is 0.716. The van der Waals surface area contributed by atoms with E-state index in [9.17, 15) is 0 Å². The van der Waals surface area contributed by atoms with Crippen LogP contribution in [0.5, 0.6) is 0 Å². The molecular weight excluding hydrogens is 391 g/mol. The molecule has 9 heteroatoms. The molecule has 4 rings (SSSR count). The highest BCUT2D eigenvalue weighted by Crippen LogP contribution is 2.57. The van der Waals surface area contributed by atoms with Gasteiger partial charge in [-0.15, -0.1) is 0 Å². The molecule has 7 nitrogen and oxygen atoms in total. The van der Waals surface area contributed by atoms with Crippen molar-refractivity contribution in [3.8, 4) is 6.07 Å². The molecule has 0 saturated carbocycles. The Morgan fingerprint density at radius 3 is 2.64 bits per heavy atom. The molecule has 0 aliphatic carbocycles. The van der Waals surface area contributed by atoms with Crippen molar-refractivity contribution in [2.24, 2.45) is 4.99 Å². The van der Waals surface area contributed by atoms with Crippen molar-refractivity contribution in [2.45, 2.75) is 19.9 Å². The van der Waals surface area contributed by atoms with Crippen molar-refractivity contribution >= 4 is 35.1 Å². The molecule has 2 aromatic rings. The van der Waals surface area contributed by atoms with Crippen LogP contribution in [-0.2, 0) is 23.1 Å². The second kappa shape index (κ2) is 7.76. The number of aromatic nitrogens is 2. The molecule has 0 unspecified atom stereocenters. The maximum absolute atomic E-state index is 9.05. The number of fused-ring (bicyclic) bond motifs is 1. The molecule has 1 aromatic heterocycles. The third-order valence-corrected chi connectivity index (χ3v) is 10.4. The Morgan fingerprint density at radius 1 is 1.25 bits per heavy atom. The van der Waals surface area contributed by atoms with Crippen LogP contribution in [0.3, 0.4) is 0 Å². The molecule has 0 radical (unpaired) electrons. The van der Waals surface area contributed by atoms with Crippen LogP contribution in [0.25, 0.3) is 0 Å². The molecule has 0 N–H and O–H groups in total. The van der Waals surface area contributed by atoms with Gasteiger partial charge >= 0.3 is 0 Å². The van der Waals surface area contributed by atoms with E-state index >= 15 is 0 Å². The van der Waals surface area contributed by atoms with E-state index in [-0.39, 0.29) is 0 Å². The third kappa shape index (κ3) is 3.09. The first-order valence-corrected chi connectivity index (χ1v) is 12.0. The Labute approximate surface area is 170 Å². The second-order valence-electron chi connectivity index (χ2n) is 6.82. The van der Waals surface area contributed by atoms with Crippen LogP contribution >= 0.6 is 6.34 Å². The lowest BCUT2D eigenvalue weighted by molar-refractivity contribution is 0.0738. The zero-order valence-corrected chi connectivity index (χ0v) is 17.8. The number of nitrogens with zero attached hydrogens (tertiary/aromatic N) is 6. The average Bonchev–Trinajstić information content (AvgIpc) is 3.06. The van der Waals surface area contributed by atoms with Gasteiger partial charge in [0.2, 0.25) is 0 Å². The van der Waals surface area contributed by atoms with Crippen LogP contribution in [0.15, 0.2) is 35.3 Å². The highest BCUT2D eigenvalue weighted by atomic mass is 32.4. The summed E-state index contributed by atoms with van der Waals surface area (Å²) in [6, 6.07) is 12.3. The molecule has 2 aliphatic rings. The smallest absolute Gasteiger partial charge is 0.164 e. The van der Waals surface area contributed by atoms with E-state index in [0.717, 1.165) is 41.3 Å². The van der Waals surface area contributed by atoms with Crippen molar-refractivity contribution in [3.05, 3.63) is 41.6 Å². The monoisotopic (exact) mass is 414 g/mol. The minimum atomic E-state index is -2.32. The Kier molecular flexibility index (Phi) is 5.35. The van der Waals surface area contributed by atoms with Crippen LogP contribution in [0.2, 0.25) is 0 Å². The molecule has 1 saturated heterocycles. The number of benzene rings is 1. The predicted molar refractivity (Wildman–Crippen MR) is 114 cm³/mol. The van der Waals surface area contributed by atoms with Gasteiger partial charge in [0.15, 0.2) is 5.82 Å². The summed E-state index contributed by atoms with van der Waals surface area (Å²) >= 11 is 6.45. The zero-order chi connectivity index (χ0) is 19.7. The molecule has 1 fully saturated rings. The van der Waals surface area contributed by atoms with Crippen LogP contribution in [-0.4, -0.2) is 58.3 Å². The Bertz CT molecular complexity index is 990. The van der Waals surface area contributed by atoms with E-state index in [1.54, 1.807) is 0 Å². The lowest BCUT2D eigenvalue weighted by Gasteiger charge is -2.45. The van der Waals surface area contributed by atoms with Crippen molar-refractivity contribution in [1.82, 2.24) is 19.1 Å². The summed E-state index contributed by atoms with van der Waals surface area (Å²) in [5, 5.41) is 14.8. The third-order valence-electron chi connectivity index (χ3n) is 5.12. The largest absolute Gasteiger partial charge is 0.379 e. The molecule has 1 aromatic carbocycles.